The SMILES string of the molecule is CC(=Nc1c(I)c(=O)n(CC(=O)O)c(=O)n1C)N(C)C. The van der Waals surface area contributed by atoms with Gasteiger partial charge in [0, 0.05) is 21.1 Å². The van der Waals surface area contributed by atoms with Crippen LogP contribution in [0.5, 0.6) is 0 Å². The first-order valence-corrected chi connectivity index (χ1v) is 6.68. The zero-order valence-electron chi connectivity index (χ0n) is 11.5. The van der Waals surface area contributed by atoms with Crippen LogP contribution < -0.4 is 11.2 Å². The van der Waals surface area contributed by atoms with Crippen LogP contribution in [0.4, 0.5) is 5.82 Å². The average molecular weight is 394 g/mol. The summed E-state index contributed by atoms with van der Waals surface area (Å²) >= 11 is 1.76. The van der Waals surface area contributed by atoms with E-state index in [9.17, 15) is 14.4 Å². The van der Waals surface area contributed by atoms with Gasteiger partial charge in [-0.15, -0.1) is 0 Å². The number of rotatable bonds is 3. The Bertz CT molecular complexity index is 650. The minimum Gasteiger partial charge on any atom is -0.480 e. The largest absolute Gasteiger partial charge is 0.480 e. The fraction of sp³-hybridized carbons (Fsp3) is 0.455. The van der Waals surface area contributed by atoms with Crippen LogP contribution in [-0.2, 0) is 18.4 Å². The van der Waals surface area contributed by atoms with E-state index in [0.717, 1.165) is 0 Å². The van der Waals surface area contributed by atoms with Crippen molar-refractivity contribution in [1.82, 2.24) is 14.0 Å². The predicted molar refractivity (Wildman–Crippen MR) is 82.8 cm³/mol. The predicted octanol–water partition coefficient (Wildman–Crippen LogP) is -0.152. The Labute approximate surface area is 128 Å². The smallest absolute Gasteiger partial charge is 0.332 e. The molecule has 1 heterocycles. The van der Waals surface area contributed by atoms with Crippen LogP contribution in [0, 0.1) is 3.57 Å². The van der Waals surface area contributed by atoms with Gasteiger partial charge in [0.25, 0.3) is 5.56 Å². The molecule has 0 amide bonds. The van der Waals surface area contributed by atoms with Gasteiger partial charge in [0.1, 0.15) is 16.0 Å². The molecule has 8 nitrogen and oxygen atoms in total. The molecule has 0 unspecified atom stereocenters. The number of carbonyl (C=O) groups is 1. The third-order valence-corrected chi connectivity index (χ3v) is 3.62. The summed E-state index contributed by atoms with van der Waals surface area (Å²) in [5.74, 6) is -0.414. The Morgan fingerprint density at radius 2 is 1.95 bits per heavy atom. The van der Waals surface area contributed by atoms with Crippen LogP contribution in [0.25, 0.3) is 0 Å². The normalized spacial score (nSPS) is 11.6. The molecule has 1 rings (SSSR count). The van der Waals surface area contributed by atoms with E-state index < -0.39 is 23.8 Å². The van der Waals surface area contributed by atoms with Crippen LogP contribution in [0.3, 0.4) is 0 Å². The summed E-state index contributed by atoms with van der Waals surface area (Å²) in [4.78, 5) is 40.8. The number of hydrogen-bond acceptors (Lipinski definition) is 4. The van der Waals surface area contributed by atoms with E-state index in [1.807, 2.05) is 0 Å². The highest BCUT2D eigenvalue weighted by atomic mass is 127. The molecule has 0 saturated carbocycles. The molecule has 0 bridgehead atoms. The standard InChI is InChI=1S/C11H15IN4O4/c1-6(14(2)3)13-9-8(12)10(19)16(5-7(17)18)11(20)15(9)4/h5H2,1-4H3,(H,17,18). The van der Waals surface area contributed by atoms with E-state index in [4.69, 9.17) is 5.11 Å². The number of hydrogen-bond donors (Lipinski definition) is 1. The van der Waals surface area contributed by atoms with Crippen LogP contribution in [0.2, 0.25) is 0 Å². The average Bonchev–Trinajstić information content (AvgIpc) is 2.36. The maximum absolute atomic E-state index is 12.0. The lowest BCUT2D eigenvalue weighted by atomic mass is 10.5. The minimum absolute atomic E-state index is 0.201. The molecule has 0 aliphatic heterocycles. The zero-order valence-corrected chi connectivity index (χ0v) is 13.7. The Hall–Kier alpha value is -1.65. The van der Waals surface area contributed by atoms with Crippen molar-refractivity contribution in [3.05, 3.63) is 24.4 Å². The molecule has 1 N–H and O–H groups in total. The number of aromatic nitrogens is 2. The number of amidine groups is 1. The minimum atomic E-state index is -1.25. The maximum atomic E-state index is 12.0. The van der Waals surface area contributed by atoms with Gasteiger partial charge in [-0.2, -0.15) is 0 Å². The Morgan fingerprint density at radius 3 is 2.40 bits per heavy atom. The van der Waals surface area contributed by atoms with Crippen molar-refractivity contribution in [2.24, 2.45) is 12.0 Å². The van der Waals surface area contributed by atoms with E-state index in [1.54, 1.807) is 48.5 Å². The fourth-order valence-electron chi connectivity index (χ4n) is 1.37. The molecule has 0 saturated heterocycles. The van der Waals surface area contributed by atoms with Crippen molar-refractivity contribution >= 4 is 40.2 Å². The molecule has 0 aromatic carbocycles. The summed E-state index contributed by atoms with van der Waals surface area (Å²) in [6.07, 6.45) is 0. The summed E-state index contributed by atoms with van der Waals surface area (Å²) in [5.41, 5.74) is -1.36. The number of carboxylic acids is 1. The first-order valence-electron chi connectivity index (χ1n) is 5.60. The van der Waals surface area contributed by atoms with Gasteiger partial charge in [0.2, 0.25) is 0 Å². The molecular weight excluding hydrogens is 379 g/mol. The molecule has 1 aromatic heterocycles. The van der Waals surface area contributed by atoms with E-state index in [2.05, 4.69) is 4.99 Å². The molecule has 9 heteroatoms. The summed E-state index contributed by atoms with van der Waals surface area (Å²) in [5, 5.41) is 8.74. The number of aliphatic carboxylic acids is 1. The first-order chi connectivity index (χ1) is 9.16. The second-order valence-corrected chi connectivity index (χ2v) is 5.40. The number of halogens is 1. The molecule has 0 spiro atoms. The number of nitrogens with zero attached hydrogens (tertiary/aromatic N) is 4. The monoisotopic (exact) mass is 394 g/mol. The van der Waals surface area contributed by atoms with Crippen molar-refractivity contribution in [1.29, 1.82) is 0 Å². The number of aliphatic imine (C=N–C) groups is 1. The van der Waals surface area contributed by atoms with Crippen LogP contribution >= 0.6 is 22.6 Å². The van der Waals surface area contributed by atoms with Gasteiger partial charge in [0.15, 0.2) is 5.82 Å². The van der Waals surface area contributed by atoms with Crippen LogP contribution in [0.15, 0.2) is 14.6 Å². The second-order valence-electron chi connectivity index (χ2n) is 4.32. The Balaban J connectivity index is 3.61. The van der Waals surface area contributed by atoms with Crippen LogP contribution in [-0.4, -0.2) is 45.0 Å². The molecule has 0 aliphatic rings. The molecule has 1 aromatic rings. The van der Waals surface area contributed by atoms with E-state index in [1.165, 1.54) is 11.6 Å². The second kappa shape index (κ2) is 6.20. The molecule has 0 fully saturated rings. The summed E-state index contributed by atoms with van der Waals surface area (Å²) in [6.45, 7) is 1.07. The van der Waals surface area contributed by atoms with Gasteiger partial charge in [-0.25, -0.2) is 14.4 Å². The van der Waals surface area contributed by atoms with Crippen molar-refractivity contribution in [2.45, 2.75) is 13.5 Å². The van der Waals surface area contributed by atoms with Crippen molar-refractivity contribution in [3.63, 3.8) is 0 Å². The van der Waals surface area contributed by atoms with E-state index >= 15 is 0 Å². The van der Waals surface area contributed by atoms with Gasteiger partial charge in [-0.1, -0.05) is 0 Å². The fourth-order valence-corrected chi connectivity index (χ4v) is 2.15. The highest BCUT2D eigenvalue weighted by Gasteiger charge is 2.17. The topological polar surface area (TPSA) is 96.9 Å². The Morgan fingerprint density at radius 1 is 1.40 bits per heavy atom. The molecule has 0 atom stereocenters. The van der Waals surface area contributed by atoms with Crippen molar-refractivity contribution in [3.8, 4) is 0 Å². The quantitative estimate of drug-likeness (QED) is 0.437. The zero-order chi connectivity index (χ0) is 15.6. The molecule has 0 radical (unpaired) electrons. The van der Waals surface area contributed by atoms with E-state index in [-0.39, 0.29) is 9.39 Å². The van der Waals surface area contributed by atoms with Gasteiger partial charge in [-0.05, 0) is 29.5 Å². The molecule has 0 aliphatic carbocycles. The summed E-state index contributed by atoms with van der Waals surface area (Å²) in [6, 6.07) is 0. The summed E-state index contributed by atoms with van der Waals surface area (Å²) < 4.78 is 2.04. The van der Waals surface area contributed by atoms with Crippen LogP contribution in [0.1, 0.15) is 6.92 Å². The van der Waals surface area contributed by atoms with E-state index in [0.29, 0.717) is 10.4 Å². The highest BCUT2D eigenvalue weighted by Crippen LogP contribution is 2.15. The van der Waals surface area contributed by atoms with Gasteiger partial charge in [0.05, 0.1) is 0 Å². The third kappa shape index (κ3) is 3.26. The maximum Gasteiger partial charge on any atom is 0.332 e. The Kier molecular flexibility index (Phi) is 5.09. The molecule has 110 valence electrons. The number of carboxylic acid groups (broad SMARTS) is 1. The molecule has 20 heavy (non-hydrogen) atoms. The lowest BCUT2D eigenvalue weighted by Gasteiger charge is -2.14. The lowest BCUT2D eigenvalue weighted by molar-refractivity contribution is -0.137. The van der Waals surface area contributed by atoms with Crippen molar-refractivity contribution in [2.75, 3.05) is 14.1 Å². The van der Waals surface area contributed by atoms with Crippen molar-refractivity contribution < 1.29 is 9.90 Å². The highest BCUT2D eigenvalue weighted by molar-refractivity contribution is 14.1. The first kappa shape index (κ1) is 16.4. The van der Waals surface area contributed by atoms with Gasteiger partial charge in [-0.3, -0.25) is 14.2 Å². The third-order valence-electron chi connectivity index (χ3n) is 2.67. The van der Waals surface area contributed by atoms with Gasteiger partial charge < -0.3 is 10.0 Å². The van der Waals surface area contributed by atoms with Gasteiger partial charge >= 0.3 is 11.7 Å². The lowest BCUT2D eigenvalue weighted by Crippen LogP contribution is -2.42. The summed E-state index contributed by atoms with van der Waals surface area (Å²) in [7, 11) is 5.02. The molecular formula is C11H15IN4O4.